The molecule has 0 saturated heterocycles. The molecule has 0 spiro atoms. The Morgan fingerprint density at radius 2 is 1.77 bits per heavy atom. The van der Waals surface area contributed by atoms with Gasteiger partial charge in [0.05, 0.1) is 20.2 Å². The number of nitrogens with zero attached hydrogens (tertiary/aromatic N) is 1. The molecule has 26 heavy (non-hydrogen) atoms. The van der Waals surface area contributed by atoms with Crippen LogP contribution < -0.4 is 21.3 Å². The number of hydrogen-bond donors (Lipinski definition) is 4. The summed E-state index contributed by atoms with van der Waals surface area (Å²) in [6, 6.07) is 7.28. The molecule has 8 heteroatoms. The normalized spacial score (nSPS) is 11.5. The lowest BCUT2D eigenvalue weighted by atomic mass is 10.1. The Labute approximate surface area is 154 Å². The number of methoxy groups -OCH3 is 1. The van der Waals surface area contributed by atoms with Crippen molar-refractivity contribution in [2.75, 3.05) is 25.5 Å². The van der Waals surface area contributed by atoms with Gasteiger partial charge in [-0.3, -0.25) is 10.1 Å². The van der Waals surface area contributed by atoms with Gasteiger partial charge in [-0.2, -0.15) is 0 Å². The Balaban J connectivity index is 2.60. The number of carbonyl (C=O) groups is 2. The third kappa shape index (κ3) is 8.91. The molecule has 2 amide bonds. The van der Waals surface area contributed by atoms with Crippen LogP contribution >= 0.6 is 0 Å². The Kier molecular flexibility index (Phi) is 8.41. The van der Waals surface area contributed by atoms with E-state index in [9.17, 15) is 9.59 Å². The van der Waals surface area contributed by atoms with Crippen molar-refractivity contribution in [2.45, 2.75) is 39.8 Å². The van der Waals surface area contributed by atoms with Gasteiger partial charge in [-0.15, -0.1) is 0 Å². The maximum atomic E-state index is 11.9. The van der Waals surface area contributed by atoms with Gasteiger partial charge in [0.2, 0.25) is 5.91 Å². The van der Waals surface area contributed by atoms with Crippen molar-refractivity contribution in [2.24, 2.45) is 4.99 Å². The van der Waals surface area contributed by atoms with Crippen LogP contribution in [0.3, 0.4) is 0 Å². The SMILES string of the molecule is CCNC(=NCc1ccc(NC(=O)OC)cc1)NCC(=O)NC(C)(C)C. The molecular weight excluding hydrogens is 334 g/mol. The molecule has 0 unspecified atom stereocenters. The number of guanidine groups is 1. The second-order valence-electron chi connectivity index (χ2n) is 6.66. The Hall–Kier alpha value is -2.77. The highest BCUT2D eigenvalue weighted by atomic mass is 16.5. The molecule has 0 atom stereocenters. The fourth-order valence-corrected chi connectivity index (χ4v) is 2.00. The van der Waals surface area contributed by atoms with E-state index in [4.69, 9.17) is 0 Å². The molecule has 0 saturated carbocycles. The molecule has 0 aliphatic heterocycles. The molecule has 8 nitrogen and oxygen atoms in total. The molecule has 0 radical (unpaired) electrons. The lowest BCUT2D eigenvalue weighted by Gasteiger charge is -2.21. The van der Waals surface area contributed by atoms with Gasteiger partial charge in [-0.1, -0.05) is 12.1 Å². The molecular formula is C18H29N5O3. The van der Waals surface area contributed by atoms with E-state index in [1.807, 2.05) is 39.8 Å². The summed E-state index contributed by atoms with van der Waals surface area (Å²) < 4.78 is 4.55. The Morgan fingerprint density at radius 3 is 2.31 bits per heavy atom. The molecule has 0 heterocycles. The largest absolute Gasteiger partial charge is 0.453 e. The first kappa shape index (κ1) is 21.3. The molecule has 1 aromatic carbocycles. The second kappa shape index (κ2) is 10.3. The summed E-state index contributed by atoms with van der Waals surface area (Å²) in [6.45, 7) is 9.03. The highest BCUT2D eigenvalue weighted by Crippen LogP contribution is 2.10. The van der Waals surface area contributed by atoms with Crippen molar-refractivity contribution in [3.63, 3.8) is 0 Å². The van der Waals surface area contributed by atoms with Gasteiger partial charge in [-0.25, -0.2) is 9.79 Å². The quantitative estimate of drug-likeness (QED) is 0.456. The number of carbonyl (C=O) groups excluding carboxylic acids is 2. The molecule has 0 aliphatic rings. The van der Waals surface area contributed by atoms with Gasteiger partial charge in [0.1, 0.15) is 0 Å². The third-order valence-corrected chi connectivity index (χ3v) is 3.08. The van der Waals surface area contributed by atoms with Crippen LogP contribution in [0.2, 0.25) is 0 Å². The van der Waals surface area contributed by atoms with Crippen LogP contribution in [-0.2, 0) is 16.1 Å². The monoisotopic (exact) mass is 363 g/mol. The van der Waals surface area contributed by atoms with Crippen molar-refractivity contribution in [1.29, 1.82) is 0 Å². The van der Waals surface area contributed by atoms with E-state index in [0.717, 1.165) is 5.56 Å². The molecule has 0 fully saturated rings. The first-order valence-electron chi connectivity index (χ1n) is 8.50. The first-order chi connectivity index (χ1) is 12.2. The van der Waals surface area contributed by atoms with Crippen LogP contribution in [0.1, 0.15) is 33.3 Å². The van der Waals surface area contributed by atoms with Gasteiger partial charge < -0.3 is 20.7 Å². The molecule has 1 aromatic rings. The summed E-state index contributed by atoms with van der Waals surface area (Å²) in [4.78, 5) is 27.5. The van der Waals surface area contributed by atoms with Gasteiger partial charge in [-0.05, 0) is 45.4 Å². The smallest absolute Gasteiger partial charge is 0.411 e. The summed E-state index contributed by atoms with van der Waals surface area (Å²) in [6.07, 6.45) is -0.511. The highest BCUT2D eigenvalue weighted by molar-refractivity contribution is 5.86. The number of hydrogen-bond acceptors (Lipinski definition) is 4. The van der Waals surface area contributed by atoms with Crippen LogP contribution in [-0.4, -0.2) is 43.7 Å². The summed E-state index contributed by atoms with van der Waals surface area (Å²) >= 11 is 0. The minimum Gasteiger partial charge on any atom is -0.453 e. The molecule has 1 rings (SSSR count). The van der Waals surface area contributed by atoms with Crippen molar-refractivity contribution in [1.82, 2.24) is 16.0 Å². The van der Waals surface area contributed by atoms with Gasteiger partial charge in [0, 0.05) is 17.8 Å². The molecule has 0 aromatic heterocycles. The van der Waals surface area contributed by atoms with Crippen LogP contribution in [0.5, 0.6) is 0 Å². The lowest BCUT2D eigenvalue weighted by Crippen LogP contribution is -2.48. The number of nitrogens with one attached hydrogen (secondary N) is 4. The first-order valence-corrected chi connectivity index (χ1v) is 8.50. The predicted octanol–water partition coefficient (Wildman–Crippen LogP) is 1.83. The molecule has 4 N–H and O–H groups in total. The van der Waals surface area contributed by atoms with Gasteiger partial charge in [0.15, 0.2) is 5.96 Å². The number of anilines is 1. The second-order valence-corrected chi connectivity index (χ2v) is 6.66. The Bertz CT molecular complexity index is 621. The zero-order valence-electron chi connectivity index (χ0n) is 16.1. The van der Waals surface area contributed by atoms with E-state index in [1.54, 1.807) is 12.1 Å². The van der Waals surface area contributed by atoms with Crippen molar-refractivity contribution in [3.05, 3.63) is 29.8 Å². The average Bonchev–Trinajstić information content (AvgIpc) is 2.57. The number of benzene rings is 1. The van der Waals surface area contributed by atoms with Crippen LogP contribution in [0, 0.1) is 0 Å². The summed E-state index contributed by atoms with van der Waals surface area (Å²) in [5.74, 6) is 0.467. The lowest BCUT2D eigenvalue weighted by molar-refractivity contribution is -0.121. The summed E-state index contributed by atoms with van der Waals surface area (Å²) in [7, 11) is 1.31. The zero-order valence-corrected chi connectivity index (χ0v) is 16.1. The van der Waals surface area contributed by atoms with Crippen LogP contribution in [0.25, 0.3) is 0 Å². The fraction of sp³-hybridized carbons (Fsp3) is 0.500. The van der Waals surface area contributed by atoms with Gasteiger partial charge in [0.25, 0.3) is 0 Å². The van der Waals surface area contributed by atoms with Crippen LogP contribution in [0.4, 0.5) is 10.5 Å². The summed E-state index contributed by atoms with van der Waals surface area (Å²) in [5.41, 5.74) is 1.35. The van der Waals surface area contributed by atoms with E-state index < -0.39 is 6.09 Å². The highest BCUT2D eigenvalue weighted by Gasteiger charge is 2.13. The molecule has 144 valence electrons. The van der Waals surface area contributed by atoms with E-state index in [-0.39, 0.29) is 18.0 Å². The minimum absolute atomic E-state index is 0.0960. The fourth-order valence-electron chi connectivity index (χ4n) is 2.00. The van der Waals surface area contributed by atoms with Crippen molar-refractivity contribution >= 4 is 23.6 Å². The standard InChI is InChI=1S/C18H29N5O3/c1-6-19-16(21-12-15(24)23-18(2,3)4)20-11-13-7-9-14(10-8-13)22-17(25)26-5/h7-10H,6,11-12H2,1-5H3,(H,22,25)(H,23,24)(H2,19,20,21). The number of ether oxygens (including phenoxy) is 1. The van der Waals surface area contributed by atoms with Crippen LogP contribution in [0.15, 0.2) is 29.3 Å². The van der Waals surface area contributed by atoms with E-state index >= 15 is 0 Å². The van der Waals surface area contributed by atoms with E-state index in [2.05, 4.69) is 31.0 Å². The number of rotatable bonds is 6. The maximum Gasteiger partial charge on any atom is 0.411 e. The minimum atomic E-state index is -0.511. The molecule has 0 aliphatic carbocycles. The predicted molar refractivity (Wildman–Crippen MR) is 103 cm³/mol. The van der Waals surface area contributed by atoms with Gasteiger partial charge >= 0.3 is 6.09 Å². The zero-order chi connectivity index (χ0) is 19.6. The average molecular weight is 363 g/mol. The topological polar surface area (TPSA) is 104 Å². The number of aliphatic imine (C=N–C) groups is 1. The van der Waals surface area contributed by atoms with Crippen molar-refractivity contribution < 1.29 is 14.3 Å². The summed E-state index contributed by atoms with van der Waals surface area (Å²) in [5, 5.41) is 11.6. The molecule has 0 bridgehead atoms. The third-order valence-electron chi connectivity index (χ3n) is 3.08. The maximum absolute atomic E-state index is 11.9. The van der Waals surface area contributed by atoms with Crippen molar-refractivity contribution in [3.8, 4) is 0 Å². The Morgan fingerprint density at radius 1 is 1.12 bits per heavy atom. The van der Waals surface area contributed by atoms with E-state index in [1.165, 1.54) is 7.11 Å². The number of amides is 2. The van der Waals surface area contributed by atoms with E-state index in [0.29, 0.717) is 24.7 Å².